The van der Waals surface area contributed by atoms with Crippen molar-refractivity contribution in [3.05, 3.63) is 17.5 Å². The highest BCUT2D eigenvalue weighted by atomic mass is 16.5. The molecule has 18 heavy (non-hydrogen) atoms. The number of amides is 1. The zero-order valence-corrected chi connectivity index (χ0v) is 11.2. The van der Waals surface area contributed by atoms with Crippen molar-refractivity contribution in [3.63, 3.8) is 0 Å². The molecule has 1 heterocycles. The molecule has 0 spiro atoms. The summed E-state index contributed by atoms with van der Waals surface area (Å²) in [5.41, 5.74) is 0.837. The number of ether oxygens (including phenoxy) is 1. The molecule has 0 radical (unpaired) electrons. The van der Waals surface area contributed by atoms with Gasteiger partial charge in [0, 0.05) is 26.3 Å². The average Bonchev–Trinajstić information content (AvgIpc) is 2.77. The molecule has 1 atom stereocenters. The van der Waals surface area contributed by atoms with Crippen molar-refractivity contribution in [2.24, 2.45) is 0 Å². The Morgan fingerprint density at radius 2 is 2.39 bits per heavy atom. The summed E-state index contributed by atoms with van der Waals surface area (Å²) in [5.74, 6) is 0.703. The van der Waals surface area contributed by atoms with Crippen LogP contribution in [-0.4, -0.2) is 37.4 Å². The number of carbonyl (C=O) groups excluding carboxylic acids is 1. The quantitative estimate of drug-likeness (QED) is 0.666. The Morgan fingerprint density at radius 3 is 3.00 bits per heavy atom. The maximum atomic E-state index is 11.7. The SMILES string of the molecule is COCCCNC(=O)C(C)NCc1cc(C)no1. The number of methoxy groups -OCH3 is 1. The average molecular weight is 255 g/mol. The van der Waals surface area contributed by atoms with E-state index in [-0.39, 0.29) is 11.9 Å². The summed E-state index contributed by atoms with van der Waals surface area (Å²) in [6.07, 6.45) is 0.816. The van der Waals surface area contributed by atoms with Gasteiger partial charge in [-0.2, -0.15) is 0 Å². The smallest absolute Gasteiger partial charge is 0.236 e. The van der Waals surface area contributed by atoms with Crippen molar-refractivity contribution in [2.75, 3.05) is 20.3 Å². The van der Waals surface area contributed by atoms with Gasteiger partial charge < -0.3 is 14.6 Å². The third-order valence-corrected chi connectivity index (χ3v) is 2.48. The molecule has 6 nitrogen and oxygen atoms in total. The highest BCUT2D eigenvalue weighted by Crippen LogP contribution is 2.01. The van der Waals surface area contributed by atoms with E-state index in [4.69, 9.17) is 9.26 Å². The van der Waals surface area contributed by atoms with E-state index >= 15 is 0 Å². The lowest BCUT2D eigenvalue weighted by Crippen LogP contribution is -2.42. The second kappa shape index (κ2) is 7.84. The van der Waals surface area contributed by atoms with E-state index in [0.717, 1.165) is 17.9 Å². The second-order valence-corrected chi connectivity index (χ2v) is 4.17. The first kappa shape index (κ1) is 14.7. The van der Waals surface area contributed by atoms with E-state index in [1.54, 1.807) is 7.11 Å². The predicted molar refractivity (Wildman–Crippen MR) is 67.0 cm³/mol. The van der Waals surface area contributed by atoms with E-state index in [2.05, 4.69) is 15.8 Å². The molecule has 0 aromatic carbocycles. The summed E-state index contributed by atoms with van der Waals surface area (Å²) in [4.78, 5) is 11.7. The summed E-state index contributed by atoms with van der Waals surface area (Å²) >= 11 is 0. The van der Waals surface area contributed by atoms with E-state index in [0.29, 0.717) is 19.7 Å². The Bertz CT molecular complexity index is 365. The van der Waals surface area contributed by atoms with Crippen molar-refractivity contribution in [3.8, 4) is 0 Å². The molecule has 1 aromatic rings. The van der Waals surface area contributed by atoms with Gasteiger partial charge in [0.25, 0.3) is 0 Å². The minimum absolute atomic E-state index is 0.0256. The van der Waals surface area contributed by atoms with Crippen LogP contribution >= 0.6 is 0 Å². The Labute approximate surface area is 107 Å². The molecular weight excluding hydrogens is 234 g/mol. The molecule has 0 aliphatic rings. The lowest BCUT2D eigenvalue weighted by molar-refractivity contribution is -0.122. The van der Waals surface area contributed by atoms with Gasteiger partial charge in [0.05, 0.1) is 18.3 Å². The van der Waals surface area contributed by atoms with Gasteiger partial charge in [-0.25, -0.2) is 0 Å². The molecule has 102 valence electrons. The van der Waals surface area contributed by atoms with Gasteiger partial charge in [0.15, 0.2) is 5.76 Å². The van der Waals surface area contributed by atoms with Gasteiger partial charge in [-0.1, -0.05) is 5.16 Å². The fourth-order valence-corrected chi connectivity index (χ4v) is 1.43. The fraction of sp³-hybridized carbons (Fsp3) is 0.667. The summed E-state index contributed by atoms with van der Waals surface area (Å²) < 4.78 is 9.95. The molecule has 2 N–H and O–H groups in total. The number of hydrogen-bond donors (Lipinski definition) is 2. The van der Waals surface area contributed by atoms with Gasteiger partial charge in [-0.3, -0.25) is 10.1 Å². The first-order chi connectivity index (χ1) is 8.63. The number of aromatic nitrogens is 1. The van der Waals surface area contributed by atoms with Crippen LogP contribution in [0.4, 0.5) is 0 Å². The van der Waals surface area contributed by atoms with Crippen LogP contribution in [0.1, 0.15) is 24.8 Å². The van der Waals surface area contributed by atoms with Gasteiger partial charge in [-0.05, 0) is 20.3 Å². The maximum Gasteiger partial charge on any atom is 0.236 e. The van der Waals surface area contributed by atoms with Crippen LogP contribution in [0.15, 0.2) is 10.6 Å². The van der Waals surface area contributed by atoms with Gasteiger partial charge in [-0.15, -0.1) is 0 Å². The number of aryl methyl sites for hydroxylation is 1. The molecule has 1 unspecified atom stereocenters. The molecule has 0 aliphatic heterocycles. The third-order valence-electron chi connectivity index (χ3n) is 2.48. The van der Waals surface area contributed by atoms with Crippen molar-refractivity contribution in [1.82, 2.24) is 15.8 Å². The molecule has 1 aromatic heterocycles. The van der Waals surface area contributed by atoms with Crippen LogP contribution in [0.5, 0.6) is 0 Å². The molecule has 0 bridgehead atoms. The molecule has 1 rings (SSSR count). The number of nitrogens with zero attached hydrogens (tertiary/aromatic N) is 1. The zero-order valence-electron chi connectivity index (χ0n) is 11.2. The van der Waals surface area contributed by atoms with Crippen molar-refractivity contribution >= 4 is 5.91 Å². The first-order valence-corrected chi connectivity index (χ1v) is 6.05. The van der Waals surface area contributed by atoms with E-state index in [1.165, 1.54) is 0 Å². The Hall–Kier alpha value is -1.40. The van der Waals surface area contributed by atoms with Crippen LogP contribution in [0, 0.1) is 6.92 Å². The normalized spacial score (nSPS) is 12.4. The third kappa shape index (κ3) is 5.29. The highest BCUT2D eigenvalue weighted by Gasteiger charge is 2.12. The topological polar surface area (TPSA) is 76.4 Å². The summed E-state index contributed by atoms with van der Waals surface area (Å²) in [6, 6.07) is 1.58. The lowest BCUT2D eigenvalue weighted by atomic mass is 10.3. The summed E-state index contributed by atoms with van der Waals surface area (Å²) in [7, 11) is 1.64. The standard InChI is InChI=1S/C12H21N3O3/c1-9-7-11(18-15-9)8-14-10(2)12(16)13-5-4-6-17-3/h7,10,14H,4-6,8H2,1-3H3,(H,13,16). The largest absolute Gasteiger partial charge is 0.385 e. The van der Waals surface area contributed by atoms with Crippen molar-refractivity contribution in [1.29, 1.82) is 0 Å². The second-order valence-electron chi connectivity index (χ2n) is 4.17. The zero-order chi connectivity index (χ0) is 13.4. The number of hydrogen-bond acceptors (Lipinski definition) is 5. The number of nitrogens with one attached hydrogen (secondary N) is 2. The van der Waals surface area contributed by atoms with Gasteiger partial charge in [0.2, 0.25) is 5.91 Å². The van der Waals surface area contributed by atoms with Crippen LogP contribution < -0.4 is 10.6 Å². The van der Waals surface area contributed by atoms with E-state index < -0.39 is 0 Å². The van der Waals surface area contributed by atoms with Crippen LogP contribution in [0.2, 0.25) is 0 Å². The van der Waals surface area contributed by atoms with Crippen molar-refractivity contribution in [2.45, 2.75) is 32.9 Å². The Balaban J connectivity index is 2.19. The minimum atomic E-state index is -0.266. The first-order valence-electron chi connectivity index (χ1n) is 6.05. The molecule has 0 saturated carbocycles. The van der Waals surface area contributed by atoms with Gasteiger partial charge in [0.1, 0.15) is 0 Å². The highest BCUT2D eigenvalue weighted by molar-refractivity contribution is 5.81. The monoisotopic (exact) mass is 255 g/mol. The fourth-order valence-electron chi connectivity index (χ4n) is 1.43. The van der Waals surface area contributed by atoms with E-state index in [9.17, 15) is 4.79 Å². The molecule has 0 saturated heterocycles. The van der Waals surface area contributed by atoms with E-state index in [1.807, 2.05) is 19.9 Å². The van der Waals surface area contributed by atoms with Crippen LogP contribution in [0.25, 0.3) is 0 Å². The summed E-state index contributed by atoms with van der Waals surface area (Å²) in [6.45, 7) is 5.45. The van der Waals surface area contributed by atoms with Gasteiger partial charge >= 0.3 is 0 Å². The summed E-state index contributed by atoms with van der Waals surface area (Å²) in [5, 5.41) is 9.69. The molecular formula is C12H21N3O3. The lowest BCUT2D eigenvalue weighted by Gasteiger charge is -2.12. The van der Waals surface area contributed by atoms with Crippen LogP contribution in [-0.2, 0) is 16.1 Å². The molecule has 0 fully saturated rings. The van der Waals surface area contributed by atoms with Crippen molar-refractivity contribution < 1.29 is 14.1 Å². The number of rotatable bonds is 8. The van der Waals surface area contributed by atoms with Crippen LogP contribution in [0.3, 0.4) is 0 Å². The molecule has 1 amide bonds. The Kier molecular flexibility index (Phi) is 6.38. The Morgan fingerprint density at radius 1 is 1.61 bits per heavy atom. The minimum Gasteiger partial charge on any atom is -0.385 e. The molecule has 0 aliphatic carbocycles. The number of carbonyl (C=O) groups is 1. The molecule has 6 heteroatoms. The predicted octanol–water partition coefficient (Wildman–Crippen LogP) is 0.614. The maximum absolute atomic E-state index is 11.7.